The topological polar surface area (TPSA) is 70.4 Å². The summed E-state index contributed by atoms with van der Waals surface area (Å²) in [6.45, 7) is 1.77. The molecule has 0 atom stereocenters. The number of amides is 1. The van der Waals surface area contributed by atoms with Crippen molar-refractivity contribution in [1.29, 1.82) is 0 Å². The molecule has 0 aliphatic heterocycles. The van der Waals surface area contributed by atoms with Gasteiger partial charge in [0.25, 0.3) is 5.91 Å². The normalized spacial score (nSPS) is 11.8. The van der Waals surface area contributed by atoms with E-state index in [0.717, 1.165) is 10.9 Å². The predicted octanol–water partition coefficient (Wildman–Crippen LogP) is 2.91. The number of hydrazone groups is 1. The van der Waals surface area contributed by atoms with E-state index in [1.54, 1.807) is 31.5 Å². The average Bonchev–Trinajstić information content (AvgIpc) is 3.13. The van der Waals surface area contributed by atoms with Crippen molar-refractivity contribution in [1.82, 2.24) is 10.4 Å². The monoisotopic (exact) mass is 267 g/mol. The summed E-state index contributed by atoms with van der Waals surface area (Å²) in [5.41, 5.74) is 4.64. The molecule has 0 aliphatic carbocycles. The van der Waals surface area contributed by atoms with Gasteiger partial charge in [-0.15, -0.1) is 0 Å². The van der Waals surface area contributed by atoms with E-state index in [1.165, 1.54) is 0 Å². The van der Waals surface area contributed by atoms with Crippen LogP contribution < -0.4 is 5.43 Å². The molecule has 5 heteroatoms. The van der Waals surface area contributed by atoms with Crippen LogP contribution in [0.5, 0.6) is 0 Å². The highest BCUT2D eigenvalue weighted by molar-refractivity contribution is 6.07. The number of para-hydroxylation sites is 1. The number of carbonyl (C=O) groups excluding carboxylic acids is 1. The molecular formula is C15H13N3O2. The van der Waals surface area contributed by atoms with Crippen LogP contribution in [0.25, 0.3) is 10.9 Å². The van der Waals surface area contributed by atoms with Gasteiger partial charge in [-0.2, -0.15) is 5.10 Å². The van der Waals surface area contributed by atoms with E-state index in [1.807, 2.05) is 24.3 Å². The zero-order valence-electron chi connectivity index (χ0n) is 10.9. The third-order valence-corrected chi connectivity index (χ3v) is 3.04. The molecule has 5 nitrogen and oxygen atoms in total. The number of rotatable bonds is 3. The molecule has 20 heavy (non-hydrogen) atoms. The molecule has 0 saturated carbocycles. The summed E-state index contributed by atoms with van der Waals surface area (Å²) >= 11 is 0. The number of benzene rings is 1. The fraction of sp³-hybridized carbons (Fsp3) is 0.0667. The SMILES string of the molecule is C/C(=N\NC(=O)c1c[nH]c2ccccc12)c1ccco1. The van der Waals surface area contributed by atoms with E-state index in [0.29, 0.717) is 17.0 Å². The van der Waals surface area contributed by atoms with Gasteiger partial charge in [0.1, 0.15) is 11.5 Å². The van der Waals surface area contributed by atoms with E-state index in [9.17, 15) is 4.79 Å². The largest absolute Gasteiger partial charge is 0.463 e. The maximum atomic E-state index is 12.1. The Balaban J connectivity index is 1.82. The fourth-order valence-corrected chi connectivity index (χ4v) is 1.99. The first-order valence-corrected chi connectivity index (χ1v) is 6.20. The van der Waals surface area contributed by atoms with Crippen molar-refractivity contribution in [3.63, 3.8) is 0 Å². The molecule has 3 rings (SSSR count). The lowest BCUT2D eigenvalue weighted by Crippen LogP contribution is -2.18. The quantitative estimate of drug-likeness (QED) is 0.565. The van der Waals surface area contributed by atoms with Crippen LogP contribution in [0.2, 0.25) is 0 Å². The van der Waals surface area contributed by atoms with Gasteiger partial charge in [-0.1, -0.05) is 18.2 Å². The molecule has 3 aromatic rings. The summed E-state index contributed by atoms with van der Waals surface area (Å²) in [5, 5.41) is 4.91. The van der Waals surface area contributed by atoms with Gasteiger partial charge in [0.05, 0.1) is 11.8 Å². The van der Waals surface area contributed by atoms with Gasteiger partial charge in [0.15, 0.2) is 0 Å². The van der Waals surface area contributed by atoms with Gasteiger partial charge in [-0.3, -0.25) is 4.79 Å². The van der Waals surface area contributed by atoms with Crippen molar-refractivity contribution in [2.75, 3.05) is 0 Å². The Morgan fingerprint density at radius 1 is 1.25 bits per heavy atom. The van der Waals surface area contributed by atoms with Crippen molar-refractivity contribution < 1.29 is 9.21 Å². The molecular weight excluding hydrogens is 254 g/mol. The number of fused-ring (bicyclic) bond motifs is 1. The maximum absolute atomic E-state index is 12.1. The van der Waals surface area contributed by atoms with Gasteiger partial charge >= 0.3 is 0 Å². The van der Waals surface area contributed by atoms with Crippen LogP contribution in [0, 0.1) is 0 Å². The Kier molecular flexibility index (Phi) is 3.09. The smallest absolute Gasteiger partial charge is 0.273 e. The van der Waals surface area contributed by atoms with E-state index in [2.05, 4.69) is 15.5 Å². The number of hydrogen-bond donors (Lipinski definition) is 2. The molecule has 0 unspecified atom stereocenters. The average molecular weight is 267 g/mol. The van der Waals surface area contributed by atoms with Crippen molar-refractivity contribution in [2.45, 2.75) is 6.92 Å². The van der Waals surface area contributed by atoms with Crippen LogP contribution >= 0.6 is 0 Å². The van der Waals surface area contributed by atoms with Gasteiger partial charge in [-0.05, 0) is 25.1 Å². The first-order chi connectivity index (χ1) is 9.75. The molecule has 0 saturated heterocycles. The van der Waals surface area contributed by atoms with Gasteiger partial charge in [0, 0.05) is 17.1 Å². The van der Waals surface area contributed by atoms with E-state index >= 15 is 0 Å². The van der Waals surface area contributed by atoms with Crippen molar-refractivity contribution >= 4 is 22.5 Å². The van der Waals surface area contributed by atoms with Gasteiger partial charge in [-0.25, -0.2) is 5.43 Å². The summed E-state index contributed by atoms with van der Waals surface area (Å²) in [6, 6.07) is 11.2. The first kappa shape index (κ1) is 12.2. The minimum absolute atomic E-state index is 0.256. The summed E-state index contributed by atoms with van der Waals surface area (Å²) in [7, 11) is 0. The number of hydrogen-bond acceptors (Lipinski definition) is 3. The lowest BCUT2D eigenvalue weighted by Gasteiger charge is -2.00. The second-order valence-corrected chi connectivity index (χ2v) is 4.36. The van der Waals surface area contributed by atoms with Crippen LogP contribution in [-0.4, -0.2) is 16.6 Å². The molecule has 2 heterocycles. The van der Waals surface area contributed by atoms with Gasteiger partial charge < -0.3 is 9.40 Å². The highest BCUT2D eigenvalue weighted by atomic mass is 16.3. The Hall–Kier alpha value is -2.82. The molecule has 100 valence electrons. The molecule has 0 aliphatic rings. The molecule has 0 bridgehead atoms. The molecule has 2 N–H and O–H groups in total. The second-order valence-electron chi connectivity index (χ2n) is 4.36. The number of nitrogens with zero attached hydrogens (tertiary/aromatic N) is 1. The molecule has 0 fully saturated rings. The fourth-order valence-electron chi connectivity index (χ4n) is 1.99. The van der Waals surface area contributed by atoms with Crippen LogP contribution in [0.1, 0.15) is 23.0 Å². The summed E-state index contributed by atoms with van der Waals surface area (Å²) in [6.07, 6.45) is 3.24. The lowest BCUT2D eigenvalue weighted by atomic mass is 10.2. The highest BCUT2D eigenvalue weighted by Gasteiger charge is 2.11. The van der Waals surface area contributed by atoms with Crippen LogP contribution in [-0.2, 0) is 0 Å². The van der Waals surface area contributed by atoms with Crippen LogP contribution in [0.15, 0.2) is 58.4 Å². The van der Waals surface area contributed by atoms with Crippen LogP contribution in [0.4, 0.5) is 0 Å². The Morgan fingerprint density at radius 3 is 2.90 bits per heavy atom. The zero-order chi connectivity index (χ0) is 13.9. The second kappa shape index (κ2) is 5.05. The summed E-state index contributed by atoms with van der Waals surface area (Å²) in [4.78, 5) is 15.2. The number of nitrogens with one attached hydrogen (secondary N) is 2. The molecule has 2 aromatic heterocycles. The first-order valence-electron chi connectivity index (χ1n) is 6.20. The van der Waals surface area contributed by atoms with Crippen LogP contribution in [0.3, 0.4) is 0 Å². The van der Waals surface area contributed by atoms with Crippen molar-refractivity contribution in [3.8, 4) is 0 Å². The molecule has 1 amide bonds. The van der Waals surface area contributed by atoms with E-state index in [4.69, 9.17) is 4.42 Å². The molecule has 1 aromatic carbocycles. The maximum Gasteiger partial charge on any atom is 0.273 e. The molecule has 0 spiro atoms. The van der Waals surface area contributed by atoms with Crippen molar-refractivity contribution in [3.05, 3.63) is 60.2 Å². The Bertz CT molecular complexity index is 769. The van der Waals surface area contributed by atoms with Crippen molar-refractivity contribution in [2.24, 2.45) is 5.10 Å². The molecule has 0 radical (unpaired) electrons. The minimum atomic E-state index is -0.256. The summed E-state index contributed by atoms with van der Waals surface area (Å²) in [5.74, 6) is 0.373. The zero-order valence-corrected chi connectivity index (χ0v) is 10.9. The Labute approximate surface area is 115 Å². The number of carbonyl (C=O) groups is 1. The number of furan rings is 1. The minimum Gasteiger partial charge on any atom is -0.463 e. The lowest BCUT2D eigenvalue weighted by molar-refractivity contribution is 0.0956. The predicted molar refractivity (Wildman–Crippen MR) is 76.7 cm³/mol. The Morgan fingerprint density at radius 2 is 2.10 bits per heavy atom. The van der Waals surface area contributed by atoms with E-state index in [-0.39, 0.29) is 5.91 Å². The van der Waals surface area contributed by atoms with E-state index < -0.39 is 0 Å². The number of H-pyrrole nitrogens is 1. The van der Waals surface area contributed by atoms with Gasteiger partial charge in [0.2, 0.25) is 0 Å². The number of aromatic amines is 1. The standard InChI is InChI=1S/C15H13N3O2/c1-10(14-7-4-8-20-14)17-18-15(19)12-9-16-13-6-3-2-5-11(12)13/h2-9,16H,1H3,(H,18,19)/b17-10+. The third kappa shape index (κ3) is 2.21. The summed E-state index contributed by atoms with van der Waals surface area (Å²) < 4.78 is 5.20. The third-order valence-electron chi connectivity index (χ3n) is 3.04. The number of aromatic nitrogens is 1. The highest BCUT2D eigenvalue weighted by Crippen LogP contribution is 2.17.